The van der Waals surface area contributed by atoms with Crippen molar-refractivity contribution < 1.29 is 14.0 Å². The number of carbonyl (C=O) groups is 2. The molecule has 3 aliphatic rings. The molecule has 2 saturated carbocycles. The summed E-state index contributed by atoms with van der Waals surface area (Å²) in [6, 6.07) is 3.91. The highest BCUT2D eigenvalue weighted by molar-refractivity contribution is 5.88. The van der Waals surface area contributed by atoms with E-state index in [9.17, 15) is 9.59 Å². The van der Waals surface area contributed by atoms with Gasteiger partial charge in [-0.05, 0) is 37.8 Å². The van der Waals surface area contributed by atoms with E-state index in [4.69, 9.17) is 4.42 Å². The van der Waals surface area contributed by atoms with Gasteiger partial charge in [0, 0.05) is 43.9 Å². The third-order valence-electron chi connectivity index (χ3n) is 6.04. The molecule has 2 unspecified atom stereocenters. The summed E-state index contributed by atoms with van der Waals surface area (Å²) < 4.78 is 5.40. The van der Waals surface area contributed by atoms with Crippen molar-refractivity contribution in [2.75, 3.05) is 26.2 Å². The summed E-state index contributed by atoms with van der Waals surface area (Å²) in [4.78, 5) is 29.5. The van der Waals surface area contributed by atoms with E-state index < -0.39 is 0 Å². The van der Waals surface area contributed by atoms with Gasteiger partial charge < -0.3 is 9.32 Å². The Morgan fingerprint density at radius 1 is 1.12 bits per heavy atom. The number of hydrogen-bond donors (Lipinski definition) is 0. The summed E-state index contributed by atoms with van der Waals surface area (Å²) in [5.74, 6) is 2.10. The number of Topliss-reactive ketones (excluding diaryl/α,β-unsaturated/α-hetero) is 1. The van der Waals surface area contributed by atoms with E-state index in [1.165, 1.54) is 0 Å². The Hall–Kier alpha value is -1.62. The molecule has 2 atom stereocenters. The van der Waals surface area contributed by atoms with Gasteiger partial charge in [0.05, 0.1) is 12.8 Å². The van der Waals surface area contributed by atoms with E-state index in [0.717, 1.165) is 70.6 Å². The zero-order valence-corrected chi connectivity index (χ0v) is 14.2. The molecule has 2 aliphatic carbocycles. The molecule has 0 spiro atoms. The van der Waals surface area contributed by atoms with E-state index >= 15 is 0 Å². The Kier molecular flexibility index (Phi) is 4.44. The normalized spacial score (nSPS) is 31.2. The highest BCUT2D eigenvalue weighted by Crippen LogP contribution is 2.40. The third kappa shape index (κ3) is 3.14. The number of fused-ring (bicyclic) bond motifs is 2. The van der Waals surface area contributed by atoms with Gasteiger partial charge in [-0.25, -0.2) is 0 Å². The van der Waals surface area contributed by atoms with Gasteiger partial charge in [-0.15, -0.1) is 0 Å². The number of nitrogens with zero attached hydrogens (tertiary/aromatic N) is 2. The lowest BCUT2D eigenvalue weighted by molar-refractivity contribution is -0.144. The van der Waals surface area contributed by atoms with Gasteiger partial charge in [-0.1, -0.05) is 6.42 Å². The minimum Gasteiger partial charge on any atom is -0.468 e. The monoisotopic (exact) mass is 330 g/mol. The number of amides is 1. The van der Waals surface area contributed by atoms with Crippen LogP contribution in [0.4, 0.5) is 0 Å². The molecule has 4 rings (SSSR count). The fraction of sp³-hybridized carbons (Fsp3) is 0.684. The second-order valence-electron chi connectivity index (χ2n) is 7.58. The van der Waals surface area contributed by atoms with E-state index in [-0.39, 0.29) is 23.7 Å². The molecule has 1 amide bonds. The number of carbonyl (C=O) groups excluding carboxylic acids is 2. The standard InChI is InChI=1S/C19H26N2O3/c22-18-14-3-1-4-15(18)12-16(11-14)19(23)21-8-6-20(7-9-21)13-17-5-2-10-24-17/h2,5,10,14-16H,1,3-4,6-9,11-13H2. The first-order valence-corrected chi connectivity index (χ1v) is 9.28. The van der Waals surface area contributed by atoms with Crippen LogP contribution in [-0.4, -0.2) is 47.7 Å². The fourth-order valence-electron chi connectivity index (χ4n) is 4.69. The maximum Gasteiger partial charge on any atom is 0.225 e. The number of rotatable bonds is 3. The molecule has 5 heteroatoms. The van der Waals surface area contributed by atoms with Crippen molar-refractivity contribution in [2.24, 2.45) is 17.8 Å². The van der Waals surface area contributed by atoms with Crippen LogP contribution in [0.3, 0.4) is 0 Å². The predicted octanol–water partition coefficient (Wildman–Crippen LogP) is 2.32. The summed E-state index contributed by atoms with van der Waals surface area (Å²) >= 11 is 0. The van der Waals surface area contributed by atoms with Crippen molar-refractivity contribution in [3.8, 4) is 0 Å². The van der Waals surface area contributed by atoms with Crippen LogP contribution < -0.4 is 0 Å². The Morgan fingerprint density at radius 3 is 2.46 bits per heavy atom. The highest BCUT2D eigenvalue weighted by atomic mass is 16.3. The number of furan rings is 1. The van der Waals surface area contributed by atoms with E-state index in [0.29, 0.717) is 5.78 Å². The molecule has 0 radical (unpaired) electrons. The van der Waals surface area contributed by atoms with Crippen LogP contribution in [0.1, 0.15) is 37.9 Å². The van der Waals surface area contributed by atoms with Crippen molar-refractivity contribution in [1.82, 2.24) is 9.80 Å². The lowest BCUT2D eigenvalue weighted by atomic mass is 9.67. The van der Waals surface area contributed by atoms with Crippen LogP contribution in [0.5, 0.6) is 0 Å². The highest BCUT2D eigenvalue weighted by Gasteiger charge is 2.42. The lowest BCUT2D eigenvalue weighted by Gasteiger charge is -2.41. The zero-order valence-electron chi connectivity index (χ0n) is 14.2. The molecule has 0 aromatic carbocycles. The lowest BCUT2D eigenvalue weighted by Crippen LogP contribution is -2.51. The molecular weight excluding hydrogens is 304 g/mol. The quantitative estimate of drug-likeness (QED) is 0.853. The van der Waals surface area contributed by atoms with Crippen LogP contribution in [0.25, 0.3) is 0 Å². The summed E-state index contributed by atoms with van der Waals surface area (Å²) in [6.45, 7) is 4.19. The molecule has 1 aromatic heterocycles. The minimum absolute atomic E-state index is 0.0784. The van der Waals surface area contributed by atoms with E-state index in [2.05, 4.69) is 4.90 Å². The molecule has 1 aliphatic heterocycles. The SMILES string of the molecule is O=C1C2CCCC1CC(C(=O)N1CCN(Cc3ccco3)CC1)C2. The smallest absolute Gasteiger partial charge is 0.225 e. The van der Waals surface area contributed by atoms with Crippen molar-refractivity contribution in [1.29, 1.82) is 0 Å². The number of ketones is 1. The minimum atomic E-state index is 0.0784. The van der Waals surface area contributed by atoms with Crippen LogP contribution in [0.15, 0.2) is 22.8 Å². The first-order valence-electron chi connectivity index (χ1n) is 9.28. The summed E-state index contributed by atoms with van der Waals surface area (Å²) in [7, 11) is 0. The van der Waals surface area contributed by atoms with Gasteiger partial charge in [-0.2, -0.15) is 0 Å². The molecular formula is C19H26N2O3. The summed E-state index contributed by atoms with van der Waals surface area (Å²) in [5.41, 5.74) is 0. The zero-order chi connectivity index (χ0) is 16.5. The first-order chi connectivity index (χ1) is 11.7. The van der Waals surface area contributed by atoms with Gasteiger partial charge in [0.15, 0.2) is 0 Å². The van der Waals surface area contributed by atoms with Crippen LogP contribution in [0.2, 0.25) is 0 Å². The molecule has 2 bridgehead atoms. The van der Waals surface area contributed by atoms with Crippen LogP contribution >= 0.6 is 0 Å². The van der Waals surface area contributed by atoms with Crippen LogP contribution in [-0.2, 0) is 16.1 Å². The average Bonchev–Trinajstić information content (AvgIpc) is 3.08. The predicted molar refractivity (Wildman–Crippen MR) is 89.1 cm³/mol. The van der Waals surface area contributed by atoms with Gasteiger partial charge in [0.2, 0.25) is 5.91 Å². The average molecular weight is 330 g/mol. The first kappa shape index (κ1) is 15.9. The van der Waals surface area contributed by atoms with Crippen molar-refractivity contribution in [3.63, 3.8) is 0 Å². The molecule has 1 aromatic rings. The summed E-state index contributed by atoms with van der Waals surface area (Å²) in [6.07, 6.45) is 6.44. The number of piperazine rings is 1. The third-order valence-corrected chi connectivity index (χ3v) is 6.04. The van der Waals surface area contributed by atoms with Gasteiger partial charge in [0.25, 0.3) is 0 Å². The molecule has 3 fully saturated rings. The largest absolute Gasteiger partial charge is 0.468 e. The second kappa shape index (κ2) is 6.71. The van der Waals surface area contributed by atoms with Crippen LogP contribution in [0, 0.1) is 17.8 Å². The Balaban J connectivity index is 1.31. The van der Waals surface area contributed by atoms with Crippen molar-refractivity contribution in [2.45, 2.75) is 38.6 Å². The van der Waals surface area contributed by atoms with Gasteiger partial charge in [0.1, 0.15) is 11.5 Å². The van der Waals surface area contributed by atoms with Gasteiger partial charge in [-0.3, -0.25) is 14.5 Å². The maximum atomic E-state index is 12.9. The molecule has 1 saturated heterocycles. The second-order valence-corrected chi connectivity index (χ2v) is 7.58. The Morgan fingerprint density at radius 2 is 1.83 bits per heavy atom. The number of hydrogen-bond acceptors (Lipinski definition) is 4. The van der Waals surface area contributed by atoms with Crippen molar-refractivity contribution >= 4 is 11.7 Å². The Labute approximate surface area is 143 Å². The molecule has 130 valence electrons. The van der Waals surface area contributed by atoms with Crippen molar-refractivity contribution in [3.05, 3.63) is 24.2 Å². The topological polar surface area (TPSA) is 53.8 Å². The fourth-order valence-corrected chi connectivity index (χ4v) is 4.69. The van der Waals surface area contributed by atoms with E-state index in [1.54, 1.807) is 6.26 Å². The Bertz CT molecular complexity index is 574. The maximum absolute atomic E-state index is 12.9. The van der Waals surface area contributed by atoms with Gasteiger partial charge >= 0.3 is 0 Å². The van der Waals surface area contributed by atoms with E-state index in [1.807, 2.05) is 17.0 Å². The summed E-state index contributed by atoms with van der Waals surface area (Å²) in [5, 5.41) is 0. The molecule has 5 nitrogen and oxygen atoms in total. The molecule has 0 N–H and O–H groups in total. The molecule has 24 heavy (non-hydrogen) atoms. The molecule has 2 heterocycles.